The van der Waals surface area contributed by atoms with Gasteiger partial charge in [0.25, 0.3) is 0 Å². The van der Waals surface area contributed by atoms with E-state index in [0.717, 1.165) is 36.4 Å². The summed E-state index contributed by atoms with van der Waals surface area (Å²) in [6, 6.07) is 7.72. The maximum absolute atomic E-state index is 9.40. The van der Waals surface area contributed by atoms with Gasteiger partial charge < -0.3 is 9.84 Å². The van der Waals surface area contributed by atoms with E-state index < -0.39 is 0 Å². The van der Waals surface area contributed by atoms with Crippen molar-refractivity contribution in [2.45, 2.75) is 32.9 Å². The Kier molecular flexibility index (Phi) is 4.52. The summed E-state index contributed by atoms with van der Waals surface area (Å²) >= 11 is 0. The molecule has 5 heteroatoms. The minimum absolute atomic E-state index is 0.112. The highest BCUT2D eigenvalue weighted by Gasteiger charge is 2.14. The Bertz CT molecular complexity index is 537. The molecular formula is C14H19N3O2. The predicted molar refractivity (Wildman–Crippen MR) is 72.8 cm³/mol. The molecule has 2 aromatic rings. The zero-order valence-corrected chi connectivity index (χ0v) is 11.3. The third-order valence-electron chi connectivity index (χ3n) is 3.02. The second kappa shape index (κ2) is 6.33. The van der Waals surface area contributed by atoms with Crippen LogP contribution in [-0.2, 0) is 13.2 Å². The van der Waals surface area contributed by atoms with Crippen LogP contribution in [0.4, 0.5) is 0 Å². The van der Waals surface area contributed by atoms with Crippen LogP contribution in [0.25, 0.3) is 11.3 Å². The summed E-state index contributed by atoms with van der Waals surface area (Å²) in [7, 11) is 1.64. The lowest BCUT2D eigenvalue weighted by atomic mass is 10.1. The van der Waals surface area contributed by atoms with E-state index in [-0.39, 0.29) is 6.61 Å². The third-order valence-corrected chi connectivity index (χ3v) is 3.02. The summed E-state index contributed by atoms with van der Waals surface area (Å²) < 4.78 is 7.09. The fourth-order valence-electron chi connectivity index (χ4n) is 2.01. The molecule has 0 saturated heterocycles. The van der Waals surface area contributed by atoms with Gasteiger partial charge >= 0.3 is 0 Å². The largest absolute Gasteiger partial charge is 0.497 e. The van der Waals surface area contributed by atoms with Crippen molar-refractivity contribution in [1.29, 1.82) is 0 Å². The molecule has 0 unspecified atom stereocenters. The Morgan fingerprint density at radius 2 is 2.21 bits per heavy atom. The average molecular weight is 261 g/mol. The van der Waals surface area contributed by atoms with Crippen molar-refractivity contribution in [1.82, 2.24) is 15.0 Å². The molecule has 1 aromatic carbocycles. The molecule has 5 nitrogen and oxygen atoms in total. The zero-order chi connectivity index (χ0) is 13.7. The normalized spacial score (nSPS) is 10.7. The Morgan fingerprint density at radius 3 is 2.89 bits per heavy atom. The molecule has 0 spiro atoms. The number of unbranched alkanes of at least 4 members (excludes halogenated alkanes) is 1. The molecule has 0 amide bonds. The van der Waals surface area contributed by atoms with E-state index in [1.807, 2.05) is 28.9 Å². The Balaban J connectivity index is 2.42. The van der Waals surface area contributed by atoms with Crippen molar-refractivity contribution < 1.29 is 9.84 Å². The molecule has 102 valence electrons. The number of benzene rings is 1. The lowest BCUT2D eigenvalue weighted by Crippen LogP contribution is -2.03. The minimum Gasteiger partial charge on any atom is -0.497 e. The number of hydrogen-bond donors (Lipinski definition) is 1. The summed E-state index contributed by atoms with van der Waals surface area (Å²) in [5.41, 5.74) is 2.43. The molecule has 1 heterocycles. The van der Waals surface area contributed by atoms with Crippen molar-refractivity contribution >= 4 is 0 Å². The van der Waals surface area contributed by atoms with Gasteiger partial charge in [0, 0.05) is 12.1 Å². The first-order valence-electron chi connectivity index (χ1n) is 6.47. The van der Waals surface area contributed by atoms with Crippen LogP contribution in [-0.4, -0.2) is 27.2 Å². The molecule has 0 aliphatic heterocycles. The van der Waals surface area contributed by atoms with Crippen LogP contribution in [0.3, 0.4) is 0 Å². The topological polar surface area (TPSA) is 60.2 Å². The van der Waals surface area contributed by atoms with E-state index in [4.69, 9.17) is 4.74 Å². The SMILES string of the molecule is CCCCn1nnc(CO)c1-c1cccc(OC)c1. The molecule has 0 saturated carbocycles. The first-order chi connectivity index (χ1) is 9.30. The van der Waals surface area contributed by atoms with Gasteiger partial charge in [-0.25, -0.2) is 4.68 Å². The van der Waals surface area contributed by atoms with Crippen LogP contribution in [0.1, 0.15) is 25.5 Å². The smallest absolute Gasteiger partial charge is 0.119 e. The average Bonchev–Trinajstić information content (AvgIpc) is 2.88. The number of ether oxygens (including phenoxy) is 1. The van der Waals surface area contributed by atoms with Gasteiger partial charge in [0.15, 0.2) is 0 Å². The lowest BCUT2D eigenvalue weighted by molar-refractivity contribution is 0.277. The van der Waals surface area contributed by atoms with Gasteiger partial charge in [0.2, 0.25) is 0 Å². The maximum Gasteiger partial charge on any atom is 0.119 e. The van der Waals surface area contributed by atoms with Gasteiger partial charge in [-0.05, 0) is 18.6 Å². The molecule has 0 atom stereocenters. The monoisotopic (exact) mass is 261 g/mol. The quantitative estimate of drug-likeness (QED) is 0.866. The van der Waals surface area contributed by atoms with Crippen LogP contribution in [0.5, 0.6) is 5.75 Å². The number of methoxy groups -OCH3 is 1. The summed E-state index contributed by atoms with van der Waals surface area (Å²) in [5, 5.41) is 17.6. The van der Waals surface area contributed by atoms with Gasteiger partial charge in [0.1, 0.15) is 11.4 Å². The summed E-state index contributed by atoms with van der Waals surface area (Å²) in [5.74, 6) is 0.782. The molecule has 2 rings (SSSR count). The van der Waals surface area contributed by atoms with Crippen molar-refractivity contribution in [2.24, 2.45) is 0 Å². The van der Waals surface area contributed by atoms with Gasteiger partial charge in [-0.15, -0.1) is 5.10 Å². The summed E-state index contributed by atoms with van der Waals surface area (Å²) in [6.07, 6.45) is 2.12. The Hall–Kier alpha value is -1.88. The predicted octanol–water partition coefficient (Wildman–Crippen LogP) is 2.25. The van der Waals surface area contributed by atoms with Crippen molar-refractivity contribution in [3.05, 3.63) is 30.0 Å². The zero-order valence-electron chi connectivity index (χ0n) is 11.3. The van der Waals surface area contributed by atoms with E-state index in [1.54, 1.807) is 7.11 Å². The third kappa shape index (κ3) is 2.93. The molecule has 0 radical (unpaired) electrons. The number of rotatable bonds is 6. The van der Waals surface area contributed by atoms with Gasteiger partial charge in [0.05, 0.1) is 19.4 Å². The standard InChI is InChI=1S/C14H19N3O2/c1-3-4-8-17-14(13(10-18)15-16-17)11-6-5-7-12(9-11)19-2/h5-7,9,18H,3-4,8,10H2,1-2H3. The van der Waals surface area contributed by atoms with E-state index in [0.29, 0.717) is 5.69 Å². The first-order valence-corrected chi connectivity index (χ1v) is 6.47. The highest BCUT2D eigenvalue weighted by Crippen LogP contribution is 2.26. The molecule has 1 aromatic heterocycles. The first kappa shape index (κ1) is 13.5. The number of nitrogens with zero attached hydrogens (tertiary/aromatic N) is 3. The summed E-state index contributed by atoms with van der Waals surface area (Å²) in [4.78, 5) is 0. The van der Waals surface area contributed by atoms with E-state index in [9.17, 15) is 5.11 Å². The van der Waals surface area contributed by atoms with Gasteiger partial charge in [-0.1, -0.05) is 30.7 Å². The summed E-state index contributed by atoms with van der Waals surface area (Å²) in [6.45, 7) is 2.82. The van der Waals surface area contributed by atoms with Crippen molar-refractivity contribution in [2.75, 3.05) is 7.11 Å². The molecule has 1 N–H and O–H groups in total. The number of aliphatic hydroxyl groups excluding tert-OH is 1. The molecule has 0 aliphatic rings. The fourth-order valence-corrected chi connectivity index (χ4v) is 2.01. The molecule has 0 bridgehead atoms. The van der Waals surface area contributed by atoms with Crippen molar-refractivity contribution in [3.63, 3.8) is 0 Å². The molecule has 19 heavy (non-hydrogen) atoms. The van der Waals surface area contributed by atoms with Crippen molar-refractivity contribution in [3.8, 4) is 17.0 Å². The Labute approximate surface area is 112 Å². The minimum atomic E-state index is -0.112. The van der Waals surface area contributed by atoms with E-state index in [1.165, 1.54) is 0 Å². The Morgan fingerprint density at radius 1 is 1.37 bits per heavy atom. The second-order valence-electron chi connectivity index (χ2n) is 4.35. The second-order valence-corrected chi connectivity index (χ2v) is 4.35. The lowest BCUT2D eigenvalue weighted by Gasteiger charge is -2.08. The fraction of sp³-hybridized carbons (Fsp3) is 0.429. The van der Waals surface area contributed by atoms with Crippen LogP contribution in [0, 0.1) is 0 Å². The molecule has 0 aliphatic carbocycles. The number of hydrogen-bond acceptors (Lipinski definition) is 4. The van der Waals surface area contributed by atoms with Gasteiger partial charge in [-0.2, -0.15) is 0 Å². The van der Waals surface area contributed by atoms with Crippen LogP contribution < -0.4 is 4.74 Å². The highest BCUT2D eigenvalue weighted by molar-refractivity contribution is 5.63. The number of aryl methyl sites for hydroxylation is 1. The number of aliphatic hydroxyl groups is 1. The van der Waals surface area contributed by atoms with Crippen LogP contribution in [0.2, 0.25) is 0 Å². The van der Waals surface area contributed by atoms with E-state index >= 15 is 0 Å². The van der Waals surface area contributed by atoms with Gasteiger partial charge in [-0.3, -0.25) is 0 Å². The molecular weight excluding hydrogens is 242 g/mol. The molecule has 0 fully saturated rings. The maximum atomic E-state index is 9.40. The van der Waals surface area contributed by atoms with Crippen LogP contribution in [0.15, 0.2) is 24.3 Å². The number of aromatic nitrogens is 3. The van der Waals surface area contributed by atoms with Crippen LogP contribution >= 0.6 is 0 Å². The van der Waals surface area contributed by atoms with E-state index in [2.05, 4.69) is 17.2 Å². The highest BCUT2D eigenvalue weighted by atomic mass is 16.5.